The molecular formula is C11H16Cl2N4O. The van der Waals surface area contributed by atoms with Crippen LogP contribution in [0.3, 0.4) is 0 Å². The van der Waals surface area contributed by atoms with Crippen molar-refractivity contribution in [3.05, 3.63) is 23.1 Å². The highest BCUT2D eigenvalue weighted by molar-refractivity contribution is 6.30. The van der Waals surface area contributed by atoms with Crippen molar-refractivity contribution in [1.82, 2.24) is 20.0 Å². The Bertz CT molecular complexity index is 509. The molecule has 0 radical (unpaired) electrons. The number of rotatable bonds is 4. The first-order valence-corrected chi connectivity index (χ1v) is 5.80. The van der Waals surface area contributed by atoms with Gasteiger partial charge in [0.15, 0.2) is 5.82 Å². The summed E-state index contributed by atoms with van der Waals surface area (Å²) in [5.41, 5.74) is 0.825. The minimum absolute atomic E-state index is 0. The third-order valence-corrected chi connectivity index (χ3v) is 2.85. The molecule has 1 atom stereocenters. The molecule has 18 heavy (non-hydrogen) atoms. The van der Waals surface area contributed by atoms with Crippen molar-refractivity contribution in [2.75, 3.05) is 7.05 Å². The Balaban J connectivity index is 0.00000162. The number of aryl methyl sites for hydroxylation is 1. The summed E-state index contributed by atoms with van der Waals surface area (Å²) >= 11 is 5.91. The highest BCUT2D eigenvalue weighted by Crippen LogP contribution is 2.22. The Morgan fingerprint density at radius 2 is 2.28 bits per heavy atom. The van der Waals surface area contributed by atoms with Crippen molar-refractivity contribution < 1.29 is 4.52 Å². The average Bonchev–Trinajstić information content (AvgIpc) is 2.85. The molecule has 5 nitrogen and oxygen atoms in total. The molecule has 0 aliphatic rings. The second-order valence-corrected chi connectivity index (χ2v) is 4.50. The molecule has 0 aliphatic heterocycles. The van der Waals surface area contributed by atoms with E-state index in [4.69, 9.17) is 16.1 Å². The van der Waals surface area contributed by atoms with E-state index in [0.29, 0.717) is 22.8 Å². The van der Waals surface area contributed by atoms with Crippen LogP contribution in [0.4, 0.5) is 0 Å². The van der Waals surface area contributed by atoms with E-state index >= 15 is 0 Å². The van der Waals surface area contributed by atoms with Gasteiger partial charge in [-0.2, -0.15) is 4.98 Å². The van der Waals surface area contributed by atoms with Crippen molar-refractivity contribution >= 4 is 24.0 Å². The monoisotopic (exact) mass is 290 g/mol. The lowest BCUT2D eigenvalue weighted by molar-refractivity contribution is 0.416. The number of likely N-dealkylation sites (N-methyl/N-ethyl adjacent to an activating group) is 1. The maximum atomic E-state index is 5.91. The first kappa shape index (κ1) is 15.0. The Morgan fingerprint density at radius 1 is 1.56 bits per heavy atom. The zero-order chi connectivity index (χ0) is 12.4. The van der Waals surface area contributed by atoms with Gasteiger partial charge in [0.1, 0.15) is 5.69 Å². The molecule has 2 aromatic rings. The lowest BCUT2D eigenvalue weighted by atomic mass is 10.2. The molecule has 1 unspecified atom stereocenters. The van der Waals surface area contributed by atoms with Gasteiger partial charge in [-0.1, -0.05) is 16.8 Å². The zero-order valence-corrected chi connectivity index (χ0v) is 12.0. The van der Waals surface area contributed by atoms with Crippen molar-refractivity contribution in [2.24, 2.45) is 7.05 Å². The molecule has 2 aromatic heterocycles. The topological polar surface area (TPSA) is 55.9 Å². The number of hydrogen-bond donors (Lipinski definition) is 1. The van der Waals surface area contributed by atoms with E-state index in [0.717, 1.165) is 12.1 Å². The smallest absolute Gasteiger partial charge is 0.274 e. The summed E-state index contributed by atoms with van der Waals surface area (Å²) in [6.45, 7) is 2.06. The van der Waals surface area contributed by atoms with Crippen LogP contribution in [0.2, 0.25) is 5.02 Å². The Hall–Kier alpha value is -1.04. The molecule has 7 heteroatoms. The van der Waals surface area contributed by atoms with Crippen molar-refractivity contribution in [1.29, 1.82) is 0 Å². The molecule has 1 N–H and O–H groups in total. The Labute approximate surface area is 117 Å². The molecule has 0 saturated carbocycles. The molecule has 0 spiro atoms. The van der Waals surface area contributed by atoms with E-state index < -0.39 is 0 Å². The summed E-state index contributed by atoms with van der Waals surface area (Å²) in [6.07, 6.45) is 2.54. The van der Waals surface area contributed by atoms with Crippen LogP contribution in [0.5, 0.6) is 0 Å². The van der Waals surface area contributed by atoms with Crippen LogP contribution in [-0.4, -0.2) is 27.8 Å². The molecule has 0 saturated heterocycles. The molecule has 0 amide bonds. The maximum absolute atomic E-state index is 5.91. The van der Waals surface area contributed by atoms with Crippen LogP contribution in [0.15, 0.2) is 16.8 Å². The molecule has 100 valence electrons. The van der Waals surface area contributed by atoms with Gasteiger partial charge in [0.25, 0.3) is 5.89 Å². The highest BCUT2D eigenvalue weighted by Gasteiger charge is 2.14. The van der Waals surface area contributed by atoms with E-state index in [2.05, 4.69) is 22.4 Å². The molecule has 0 aromatic carbocycles. The van der Waals surface area contributed by atoms with E-state index in [9.17, 15) is 0 Å². The molecule has 2 heterocycles. The zero-order valence-electron chi connectivity index (χ0n) is 10.5. The van der Waals surface area contributed by atoms with Gasteiger partial charge in [-0.15, -0.1) is 12.4 Å². The lowest BCUT2D eigenvalue weighted by Gasteiger charge is -2.04. The minimum atomic E-state index is 0. The largest absolute Gasteiger partial charge is 0.345 e. The van der Waals surface area contributed by atoms with Gasteiger partial charge in [0, 0.05) is 25.7 Å². The van der Waals surface area contributed by atoms with Gasteiger partial charge < -0.3 is 14.4 Å². The number of aromatic nitrogens is 3. The van der Waals surface area contributed by atoms with Crippen LogP contribution in [0, 0.1) is 0 Å². The predicted molar refractivity (Wildman–Crippen MR) is 73.2 cm³/mol. The van der Waals surface area contributed by atoms with Gasteiger partial charge in [-0.05, 0) is 20.0 Å². The van der Waals surface area contributed by atoms with E-state index in [-0.39, 0.29) is 12.4 Å². The summed E-state index contributed by atoms with van der Waals surface area (Å²) in [5.74, 6) is 1.19. The standard InChI is InChI=1S/C11H15ClN4O.ClH/c1-7(13-2)4-10-14-11(17-15-10)9-5-8(12)6-16(9)3;/h5-7,13H,4H2,1-3H3;1H. The normalized spacial score (nSPS) is 12.2. The van der Waals surface area contributed by atoms with Gasteiger partial charge in [-0.3, -0.25) is 0 Å². The van der Waals surface area contributed by atoms with Crippen LogP contribution in [0.25, 0.3) is 11.6 Å². The van der Waals surface area contributed by atoms with Crippen molar-refractivity contribution in [3.8, 4) is 11.6 Å². The molecule has 2 rings (SSSR count). The third-order valence-electron chi connectivity index (χ3n) is 2.64. The fourth-order valence-corrected chi connectivity index (χ4v) is 1.80. The molecule has 0 bridgehead atoms. The lowest BCUT2D eigenvalue weighted by Crippen LogP contribution is -2.24. The van der Waals surface area contributed by atoms with Crippen molar-refractivity contribution in [3.63, 3.8) is 0 Å². The first-order valence-electron chi connectivity index (χ1n) is 5.42. The van der Waals surface area contributed by atoms with E-state index in [1.165, 1.54) is 0 Å². The minimum Gasteiger partial charge on any atom is -0.345 e. The second-order valence-electron chi connectivity index (χ2n) is 4.06. The summed E-state index contributed by atoms with van der Waals surface area (Å²) in [6, 6.07) is 2.12. The van der Waals surface area contributed by atoms with Crippen molar-refractivity contribution in [2.45, 2.75) is 19.4 Å². The highest BCUT2D eigenvalue weighted by atomic mass is 35.5. The molecular weight excluding hydrogens is 275 g/mol. The maximum Gasteiger partial charge on any atom is 0.274 e. The average molecular weight is 291 g/mol. The summed E-state index contributed by atoms with van der Waals surface area (Å²) in [5, 5.41) is 7.74. The SMILES string of the molecule is CNC(C)Cc1noc(-c2cc(Cl)cn2C)n1.Cl. The van der Waals surface area contributed by atoms with Crippen LogP contribution >= 0.6 is 24.0 Å². The summed E-state index contributed by atoms with van der Waals surface area (Å²) in [7, 11) is 3.80. The fraction of sp³-hybridized carbons (Fsp3) is 0.455. The van der Waals surface area contributed by atoms with Gasteiger partial charge >= 0.3 is 0 Å². The molecule has 0 fully saturated rings. The second kappa shape index (κ2) is 6.22. The number of hydrogen-bond acceptors (Lipinski definition) is 4. The molecule has 0 aliphatic carbocycles. The summed E-state index contributed by atoms with van der Waals surface area (Å²) < 4.78 is 7.08. The number of nitrogens with zero attached hydrogens (tertiary/aromatic N) is 3. The quantitative estimate of drug-likeness (QED) is 0.939. The third kappa shape index (κ3) is 3.25. The first-order chi connectivity index (χ1) is 8.10. The van der Waals surface area contributed by atoms with Gasteiger partial charge in [-0.25, -0.2) is 0 Å². The Morgan fingerprint density at radius 3 is 2.83 bits per heavy atom. The Kier molecular flexibility index (Phi) is 5.19. The number of halogens is 2. The van der Waals surface area contributed by atoms with Crippen LogP contribution in [-0.2, 0) is 13.5 Å². The van der Waals surface area contributed by atoms with E-state index in [1.807, 2.05) is 18.7 Å². The predicted octanol–water partition coefficient (Wildman–Crippen LogP) is 2.30. The van der Waals surface area contributed by atoms with Gasteiger partial charge in [0.05, 0.1) is 5.02 Å². The number of nitrogens with one attached hydrogen (secondary N) is 1. The summed E-state index contributed by atoms with van der Waals surface area (Å²) in [4.78, 5) is 4.35. The van der Waals surface area contributed by atoms with Crippen LogP contribution < -0.4 is 5.32 Å². The van der Waals surface area contributed by atoms with Gasteiger partial charge in [0.2, 0.25) is 0 Å². The van der Waals surface area contributed by atoms with E-state index in [1.54, 1.807) is 12.3 Å². The van der Waals surface area contributed by atoms with Crippen LogP contribution in [0.1, 0.15) is 12.7 Å². The fourth-order valence-electron chi connectivity index (χ4n) is 1.55.